The average molecular weight is 200 g/mol. The minimum atomic E-state index is -0.791. The van der Waals surface area contributed by atoms with Crippen LogP contribution >= 0.6 is 0 Å². The van der Waals surface area contributed by atoms with Crippen LogP contribution in [-0.2, 0) is 4.79 Å². The van der Waals surface area contributed by atoms with Crippen LogP contribution in [0.4, 0.5) is 8.78 Å². The predicted molar refractivity (Wildman–Crippen MR) is 47.4 cm³/mol. The highest BCUT2D eigenvalue weighted by Crippen LogP contribution is 2.25. The van der Waals surface area contributed by atoms with Gasteiger partial charge in [-0.25, -0.2) is 8.78 Å². The number of halogens is 2. The van der Waals surface area contributed by atoms with Gasteiger partial charge in [0.25, 0.3) is 0 Å². The number of hydrogen-bond acceptors (Lipinski definition) is 2. The van der Waals surface area contributed by atoms with E-state index in [1.54, 1.807) is 0 Å². The van der Waals surface area contributed by atoms with Crippen molar-refractivity contribution in [3.05, 3.63) is 29.3 Å². The molecule has 1 unspecified atom stereocenters. The Labute approximate surface area is 80.5 Å². The second-order valence-corrected chi connectivity index (χ2v) is 2.93. The topological polar surface area (TPSA) is 26.3 Å². The molecule has 1 atom stereocenters. The van der Waals surface area contributed by atoms with E-state index in [4.69, 9.17) is 0 Å². The Hall–Kier alpha value is -1.45. The van der Waals surface area contributed by atoms with E-state index in [1.165, 1.54) is 14.0 Å². The summed E-state index contributed by atoms with van der Waals surface area (Å²) in [6.07, 6.45) is 0.494. The standard InChI is InChI=1S/C10H10F2O2/c1-6(5-13)10-8(11)3-7(14-2)4-9(10)12/h3-6H,1-2H3. The first kappa shape index (κ1) is 10.6. The lowest BCUT2D eigenvalue weighted by molar-refractivity contribution is -0.108. The van der Waals surface area contributed by atoms with Crippen molar-refractivity contribution in [2.45, 2.75) is 12.8 Å². The van der Waals surface area contributed by atoms with E-state index in [0.717, 1.165) is 12.1 Å². The Kier molecular flexibility index (Phi) is 3.17. The van der Waals surface area contributed by atoms with Crippen LogP contribution in [0, 0.1) is 11.6 Å². The molecule has 1 aromatic carbocycles. The second kappa shape index (κ2) is 4.17. The monoisotopic (exact) mass is 200 g/mol. The van der Waals surface area contributed by atoms with Gasteiger partial charge in [-0.1, -0.05) is 6.92 Å². The molecule has 0 spiro atoms. The van der Waals surface area contributed by atoms with Gasteiger partial charge in [-0.2, -0.15) is 0 Å². The first-order valence-corrected chi connectivity index (χ1v) is 4.08. The van der Waals surface area contributed by atoms with E-state index in [0.29, 0.717) is 6.29 Å². The maximum atomic E-state index is 13.3. The zero-order valence-electron chi connectivity index (χ0n) is 7.88. The third kappa shape index (κ3) is 1.89. The molecule has 0 aromatic heterocycles. The first-order valence-electron chi connectivity index (χ1n) is 4.08. The van der Waals surface area contributed by atoms with Gasteiger partial charge in [0.2, 0.25) is 0 Å². The van der Waals surface area contributed by atoms with Gasteiger partial charge in [0.15, 0.2) is 0 Å². The Morgan fingerprint density at radius 3 is 2.21 bits per heavy atom. The largest absolute Gasteiger partial charge is 0.497 e. The quantitative estimate of drug-likeness (QED) is 0.699. The fourth-order valence-corrected chi connectivity index (χ4v) is 1.18. The van der Waals surface area contributed by atoms with Crippen molar-refractivity contribution in [2.75, 3.05) is 7.11 Å². The number of hydrogen-bond donors (Lipinski definition) is 0. The molecule has 0 saturated carbocycles. The maximum Gasteiger partial charge on any atom is 0.133 e. The number of ether oxygens (including phenoxy) is 1. The fourth-order valence-electron chi connectivity index (χ4n) is 1.18. The Morgan fingerprint density at radius 1 is 1.36 bits per heavy atom. The van der Waals surface area contributed by atoms with Crippen molar-refractivity contribution in [2.24, 2.45) is 0 Å². The lowest BCUT2D eigenvalue weighted by atomic mass is 10.0. The molecule has 0 bridgehead atoms. The molecule has 0 fully saturated rings. The Morgan fingerprint density at radius 2 is 1.86 bits per heavy atom. The molecule has 0 aliphatic heterocycles. The molecule has 0 N–H and O–H groups in total. The molecule has 76 valence electrons. The lowest BCUT2D eigenvalue weighted by Crippen LogP contribution is -2.03. The van der Waals surface area contributed by atoms with Crippen LogP contribution in [0.25, 0.3) is 0 Å². The molecule has 1 rings (SSSR count). The molecular formula is C10H10F2O2. The molecular weight excluding hydrogens is 190 g/mol. The summed E-state index contributed by atoms with van der Waals surface area (Å²) in [5.41, 5.74) is -0.221. The van der Waals surface area contributed by atoms with E-state index >= 15 is 0 Å². The number of benzene rings is 1. The minimum Gasteiger partial charge on any atom is -0.497 e. The van der Waals surface area contributed by atoms with Crippen molar-refractivity contribution in [1.82, 2.24) is 0 Å². The first-order chi connectivity index (χ1) is 6.60. The van der Waals surface area contributed by atoms with Crippen LogP contribution < -0.4 is 4.74 Å². The van der Waals surface area contributed by atoms with Crippen molar-refractivity contribution in [3.8, 4) is 5.75 Å². The van der Waals surface area contributed by atoms with E-state index in [9.17, 15) is 13.6 Å². The Balaban J connectivity index is 3.24. The number of carbonyl (C=O) groups excluding carboxylic acids is 1. The minimum absolute atomic E-state index is 0.0989. The van der Waals surface area contributed by atoms with Crippen LogP contribution in [-0.4, -0.2) is 13.4 Å². The number of carbonyl (C=O) groups is 1. The van der Waals surface area contributed by atoms with Crippen LogP contribution in [0.3, 0.4) is 0 Å². The molecule has 0 aliphatic carbocycles. The van der Waals surface area contributed by atoms with Gasteiger partial charge < -0.3 is 9.53 Å². The predicted octanol–water partition coefficient (Wildman–Crippen LogP) is 2.28. The fraction of sp³-hybridized carbons (Fsp3) is 0.300. The molecule has 0 heterocycles. The van der Waals surface area contributed by atoms with E-state index in [-0.39, 0.29) is 11.3 Å². The molecule has 0 amide bonds. The van der Waals surface area contributed by atoms with Gasteiger partial charge >= 0.3 is 0 Å². The second-order valence-electron chi connectivity index (χ2n) is 2.93. The molecule has 4 heteroatoms. The van der Waals surface area contributed by atoms with Crippen molar-refractivity contribution < 1.29 is 18.3 Å². The highest BCUT2D eigenvalue weighted by Gasteiger charge is 2.17. The van der Waals surface area contributed by atoms with Gasteiger partial charge in [-0.05, 0) is 0 Å². The van der Waals surface area contributed by atoms with Crippen molar-refractivity contribution in [1.29, 1.82) is 0 Å². The Bertz CT molecular complexity index is 327. The number of rotatable bonds is 3. The smallest absolute Gasteiger partial charge is 0.133 e. The average Bonchev–Trinajstić information content (AvgIpc) is 2.16. The van der Waals surface area contributed by atoms with Gasteiger partial charge in [0.1, 0.15) is 23.7 Å². The molecule has 1 aromatic rings. The van der Waals surface area contributed by atoms with Crippen LogP contribution in [0.15, 0.2) is 12.1 Å². The van der Waals surface area contributed by atoms with Crippen molar-refractivity contribution in [3.63, 3.8) is 0 Å². The van der Waals surface area contributed by atoms with E-state index in [2.05, 4.69) is 4.74 Å². The van der Waals surface area contributed by atoms with Crippen LogP contribution in [0.5, 0.6) is 5.75 Å². The van der Waals surface area contributed by atoms with E-state index in [1.807, 2.05) is 0 Å². The van der Waals surface area contributed by atoms with Gasteiger partial charge in [-0.3, -0.25) is 0 Å². The third-order valence-electron chi connectivity index (χ3n) is 1.95. The summed E-state index contributed by atoms with van der Waals surface area (Å²) < 4.78 is 31.2. The van der Waals surface area contributed by atoms with Gasteiger partial charge in [0, 0.05) is 23.6 Å². The normalized spacial score (nSPS) is 12.3. The molecule has 0 aliphatic rings. The number of methoxy groups -OCH3 is 1. The van der Waals surface area contributed by atoms with Crippen LogP contribution in [0.2, 0.25) is 0 Å². The van der Waals surface area contributed by atoms with Crippen LogP contribution in [0.1, 0.15) is 18.4 Å². The summed E-state index contributed by atoms with van der Waals surface area (Å²) in [6.45, 7) is 1.43. The molecule has 0 saturated heterocycles. The maximum absolute atomic E-state index is 13.3. The number of aldehydes is 1. The highest BCUT2D eigenvalue weighted by molar-refractivity contribution is 5.62. The zero-order chi connectivity index (χ0) is 10.7. The summed E-state index contributed by atoms with van der Waals surface area (Å²) in [6, 6.07) is 2.11. The molecule has 14 heavy (non-hydrogen) atoms. The summed E-state index contributed by atoms with van der Waals surface area (Å²) in [4.78, 5) is 10.4. The zero-order valence-corrected chi connectivity index (χ0v) is 7.88. The summed E-state index contributed by atoms with van der Waals surface area (Å²) in [5.74, 6) is -2.22. The van der Waals surface area contributed by atoms with Gasteiger partial charge in [0.05, 0.1) is 7.11 Å². The van der Waals surface area contributed by atoms with E-state index < -0.39 is 17.6 Å². The molecule has 0 radical (unpaired) electrons. The third-order valence-corrected chi connectivity index (χ3v) is 1.95. The molecule has 2 nitrogen and oxygen atoms in total. The summed E-state index contributed by atoms with van der Waals surface area (Å²) in [7, 11) is 1.32. The van der Waals surface area contributed by atoms with Crippen molar-refractivity contribution >= 4 is 6.29 Å². The highest BCUT2D eigenvalue weighted by atomic mass is 19.1. The van der Waals surface area contributed by atoms with Gasteiger partial charge in [-0.15, -0.1) is 0 Å². The lowest BCUT2D eigenvalue weighted by Gasteiger charge is -2.09. The summed E-state index contributed by atoms with van der Waals surface area (Å²) >= 11 is 0. The SMILES string of the molecule is COc1cc(F)c(C(C)C=O)c(F)c1. The summed E-state index contributed by atoms with van der Waals surface area (Å²) in [5, 5.41) is 0.